The molecule has 4 rings (SSSR count). The number of anilines is 2. The van der Waals surface area contributed by atoms with Crippen molar-refractivity contribution in [2.24, 2.45) is 0 Å². The summed E-state index contributed by atoms with van der Waals surface area (Å²) in [6.45, 7) is 1.72. The molecule has 3 aromatic rings. The molecule has 30 heavy (non-hydrogen) atoms. The van der Waals surface area contributed by atoms with Crippen molar-refractivity contribution < 1.29 is 17.9 Å². The highest BCUT2D eigenvalue weighted by Gasteiger charge is 2.35. The molecule has 0 saturated carbocycles. The third kappa shape index (κ3) is 4.25. The third-order valence-corrected chi connectivity index (χ3v) is 6.71. The fourth-order valence-corrected chi connectivity index (χ4v) is 4.77. The first-order valence-electron chi connectivity index (χ1n) is 8.86. The van der Waals surface area contributed by atoms with E-state index in [1.807, 2.05) is 19.1 Å². The highest BCUT2D eigenvalue weighted by molar-refractivity contribution is 7.92. The molecule has 0 spiro atoms. The number of halogens is 1. The van der Waals surface area contributed by atoms with Crippen LogP contribution in [0.4, 0.5) is 10.8 Å². The Morgan fingerprint density at radius 3 is 2.67 bits per heavy atom. The highest BCUT2D eigenvalue weighted by atomic mass is 35.5. The van der Waals surface area contributed by atoms with Crippen LogP contribution in [0.3, 0.4) is 0 Å². The van der Waals surface area contributed by atoms with E-state index in [-0.39, 0.29) is 11.7 Å². The van der Waals surface area contributed by atoms with Gasteiger partial charge in [0.2, 0.25) is 15.2 Å². The molecule has 8 nitrogen and oxygen atoms in total. The van der Waals surface area contributed by atoms with Crippen LogP contribution < -0.4 is 14.4 Å². The Kier molecular flexibility index (Phi) is 5.39. The minimum Gasteiger partial charge on any atom is -0.476 e. The average Bonchev–Trinajstić information content (AvgIpc) is 3.15. The lowest BCUT2D eigenvalue weighted by Gasteiger charge is -2.33. The lowest BCUT2D eigenvalue weighted by molar-refractivity contribution is -0.122. The number of ether oxygens (including phenoxy) is 1. The summed E-state index contributed by atoms with van der Waals surface area (Å²) >= 11 is 7.09. The molecule has 1 amide bonds. The first kappa shape index (κ1) is 20.6. The number of hydrogen-bond acceptors (Lipinski definition) is 7. The lowest BCUT2D eigenvalue weighted by atomic mass is 10.1. The second-order valence-corrected chi connectivity index (χ2v) is 10.1. The topological polar surface area (TPSA) is 101 Å². The van der Waals surface area contributed by atoms with Gasteiger partial charge in [0.25, 0.3) is 5.91 Å². The number of nitrogens with one attached hydrogen (secondary N) is 1. The molecule has 0 saturated heterocycles. The molecule has 0 radical (unpaired) electrons. The van der Waals surface area contributed by atoms with Gasteiger partial charge in [-0.15, -0.1) is 10.2 Å². The zero-order valence-electron chi connectivity index (χ0n) is 16.0. The number of nitrogens with zero attached hydrogens (tertiary/aromatic N) is 3. The number of hydrogen-bond donors (Lipinski definition) is 1. The Morgan fingerprint density at radius 2 is 1.97 bits per heavy atom. The van der Waals surface area contributed by atoms with Crippen molar-refractivity contribution in [1.29, 1.82) is 0 Å². The third-order valence-electron chi connectivity index (χ3n) is 4.42. The average molecular weight is 465 g/mol. The predicted octanol–water partition coefficient (Wildman–Crippen LogP) is 3.33. The lowest BCUT2D eigenvalue weighted by Crippen LogP contribution is -2.48. The molecule has 2 aromatic carbocycles. The second kappa shape index (κ2) is 7.86. The first-order valence-corrected chi connectivity index (χ1v) is 11.9. The number of benzene rings is 2. The van der Waals surface area contributed by atoms with Gasteiger partial charge in [0, 0.05) is 10.6 Å². The SMILES string of the molecule is Cc1ccc2c(c1)OC(C(=O)Nc1nnc(-c3ccc(Cl)cc3)s1)CN2S(C)(=O)=O. The summed E-state index contributed by atoms with van der Waals surface area (Å²) < 4.78 is 31.5. The van der Waals surface area contributed by atoms with Gasteiger partial charge in [-0.3, -0.25) is 14.4 Å². The molecule has 0 fully saturated rings. The number of rotatable bonds is 4. The molecule has 1 unspecified atom stereocenters. The number of aromatic nitrogens is 2. The standard InChI is InChI=1S/C19H17ClN4O4S2/c1-11-3-8-14-15(9-11)28-16(10-24(14)30(2,26)27)17(25)21-19-23-22-18(29-19)12-4-6-13(20)7-5-12/h3-9,16H,10H2,1-2H3,(H,21,23,25). The van der Waals surface area contributed by atoms with Crippen LogP contribution in [0.25, 0.3) is 10.6 Å². The maximum Gasteiger partial charge on any atom is 0.269 e. The zero-order valence-corrected chi connectivity index (χ0v) is 18.4. The molecule has 1 aromatic heterocycles. The zero-order chi connectivity index (χ0) is 21.5. The molecule has 1 atom stereocenters. The van der Waals surface area contributed by atoms with Crippen LogP contribution in [0.15, 0.2) is 42.5 Å². The predicted molar refractivity (Wildman–Crippen MR) is 117 cm³/mol. The first-order chi connectivity index (χ1) is 14.2. The summed E-state index contributed by atoms with van der Waals surface area (Å²) in [6, 6.07) is 12.3. The van der Waals surface area contributed by atoms with E-state index in [0.29, 0.717) is 21.5 Å². The van der Waals surface area contributed by atoms with E-state index >= 15 is 0 Å². The number of sulfonamides is 1. The second-order valence-electron chi connectivity index (χ2n) is 6.78. The van der Waals surface area contributed by atoms with Crippen molar-refractivity contribution in [1.82, 2.24) is 10.2 Å². The number of carbonyl (C=O) groups excluding carboxylic acids is 1. The molecule has 0 bridgehead atoms. The minimum atomic E-state index is -3.59. The van der Waals surface area contributed by atoms with Crippen LogP contribution in [-0.4, -0.2) is 43.4 Å². The van der Waals surface area contributed by atoms with Gasteiger partial charge in [0.1, 0.15) is 10.8 Å². The molecule has 11 heteroatoms. The van der Waals surface area contributed by atoms with Crippen molar-refractivity contribution >= 4 is 49.7 Å². The summed E-state index contributed by atoms with van der Waals surface area (Å²) in [4.78, 5) is 12.8. The van der Waals surface area contributed by atoms with Crippen LogP contribution in [0.1, 0.15) is 5.56 Å². The molecular formula is C19H17ClN4O4S2. The van der Waals surface area contributed by atoms with Crippen LogP contribution in [-0.2, 0) is 14.8 Å². The summed E-state index contributed by atoms with van der Waals surface area (Å²) in [6.07, 6.45) is 0.0666. The van der Waals surface area contributed by atoms with Crippen molar-refractivity contribution in [3.63, 3.8) is 0 Å². The summed E-state index contributed by atoms with van der Waals surface area (Å²) in [5, 5.41) is 12.2. The number of aryl methyl sites for hydroxylation is 1. The summed E-state index contributed by atoms with van der Waals surface area (Å²) in [5.41, 5.74) is 2.12. The Balaban J connectivity index is 1.55. The van der Waals surface area contributed by atoms with Crippen molar-refractivity contribution in [3.05, 3.63) is 53.1 Å². The van der Waals surface area contributed by atoms with Gasteiger partial charge in [-0.1, -0.05) is 41.1 Å². The Morgan fingerprint density at radius 1 is 1.23 bits per heavy atom. The molecule has 0 aliphatic carbocycles. The molecule has 1 aliphatic rings. The minimum absolute atomic E-state index is 0.135. The van der Waals surface area contributed by atoms with E-state index in [1.165, 1.54) is 15.6 Å². The van der Waals surface area contributed by atoms with E-state index in [4.69, 9.17) is 16.3 Å². The molecule has 156 valence electrons. The van der Waals surface area contributed by atoms with E-state index < -0.39 is 22.0 Å². The molecule has 1 N–H and O–H groups in total. The number of carbonyl (C=O) groups is 1. The smallest absolute Gasteiger partial charge is 0.269 e. The Bertz CT molecular complexity index is 1210. The summed E-state index contributed by atoms with van der Waals surface area (Å²) in [5.74, 6) is -0.166. The van der Waals surface area contributed by atoms with Gasteiger partial charge < -0.3 is 4.74 Å². The van der Waals surface area contributed by atoms with Crippen molar-refractivity contribution in [3.8, 4) is 16.3 Å². The normalized spacial score (nSPS) is 16.0. The Hall–Kier alpha value is -2.69. The van der Waals surface area contributed by atoms with Gasteiger partial charge in [-0.2, -0.15) is 0 Å². The van der Waals surface area contributed by atoms with Gasteiger partial charge in [-0.25, -0.2) is 8.42 Å². The molecule has 1 aliphatic heterocycles. The fraction of sp³-hybridized carbons (Fsp3) is 0.211. The van der Waals surface area contributed by atoms with Crippen LogP contribution in [0, 0.1) is 6.92 Å². The van der Waals surface area contributed by atoms with Crippen LogP contribution in [0.2, 0.25) is 5.02 Å². The van der Waals surface area contributed by atoms with Gasteiger partial charge >= 0.3 is 0 Å². The van der Waals surface area contributed by atoms with Gasteiger partial charge in [0.05, 0.1) is 18.5 Å². The van der Waals surface area contributed by atoms with Gasteiger partial charge in [-0.05, 0) is 36.8 Å². The maximum absolute atomic E-state index is 12.8. The monoisotopic (exact) mass is 464 g/mol. The number of fused-ring (bicyclic) bond motifs is 1. The van der Waals surface area contributed by atoms with Crippen LogP contribution in [0.5, 0.6) is 5.75 Å². The van der Waals surface area contributed by atoms with E-state index in [2.05, 4.69) is 15.5 Å². The highest BCUT2D eigenvalue weighted by Crippen LogP contribution is 2.36. The fourth-order valence-electron chi connectivity index (χ4n) is 2.98. The Labute approximate surface area is 182 Å². The van der Waals surface area contributed by atoms with E-state index in [9.17, 15) is 13.2 Å². The molecular weight excluding hydrogens is 448 g/mol. The van der Waals surface area contributed by atoms with Crippen LogP contribution >= 0.6 is 22.9 Å². The van der Waals surface area contributed by atoms with Crippen molar-refractivity contribution in [2.45, 2.75) is 13.0 Å². The quantitative estimate of drug-likeness (QED) is 0.635. The van der Waals surface area contributed by atoms with Gasteiger partial charge in [0.15, 0.2) is 6.10 Å². The van der Waals surface area contributed by atoms with E-state index in [1.54, 1.807) is 30.3 Å². The van der Waals surface area contributed by atoms with E-state index in [0.717, 1.165) is 17.4 Å². The maximum atomic E-state index is 12.8. The summed E-state index contributed by atoms with van der Waals surface area (Å²) in [7, 11) is -3.59. The largest absolute Gasteiger partial charge is 0.476 e. The molecule has 2 heterocycles. The number of amides is 1. The van der Waals surface area contributed by atoms with Crippen molar-refractivity contribution in [2.75, 3.05) is 22.4 Å².